The topological polar surface area (TPSA) is 96.5 Å². The van der Waals surface area contributed by atoms with E-state index in [1.165, 1.54) is 12.6 Å². The first-order valence-electron chi connectivity index (χ1n) is 8.92. The molecule has 0 spiro atoms. The minimum absolute atomic E-state index is 0. The Hall–Kier alpha value is -1.11. The van der Waals surface area contributed by atoms with E-state index in [-0.39, 0.29) is 63.4 Å². The van der Waals surface area contributed by atoms with E-state index < -0.39 is 0 Å². The molecule has 1 fully saturated rings. The fourth-order valence-electron chi connectivity index (χ4n) is 2.81. The van der Waals surface area contributed by atoms with Crippen LogP contribution in [0.15, 0.2) is 36.5 Å². The molecule has 6 nitrogen and oxygen atoms in total. The van der Waals surface area contributed by atoms with Gasteiger partial charge in [-0.05, 0) is 18.4 Å². The van der Waals surface area contributed by atoms with Crippen molar-refractivity contribution in [2.24, 2.45) is 0 Å². The van der Waals surface area contributed by atoms with Crippen LogP contribution in [0.4, 0.5) is 5.69 Å². The third-order valence-electron chi connectivity index (χ3n) is 4.32. The van der Waals surface area contributed by atoms with Gasteiger partial charge in [-0.1, -0.05) is 37.3 Å². The maximum Gasteiger partial charge on any atom is 1.00 e. The standard InChI is InChI=1S/C11H18N4O2.C8H10.C2H2.K/c1-13-11(17)10-9(12)7(4-14-10)5-15-3-2-8(16)6-15;1-2-8-6-4-3-5-7-8;1-2;/h4,8,16H,2-3,5-6H2,1H3,(H4,12,13,14,17);3-7H,2H2,1H3;1-2H;/q;;;+1/p-1/t8-;;;/m0.../s1. The molecule has 1 saturated heterocycles. The molecule has 1 aromatic carbocycles. The van der Waals surface area contributed by atoms with E-state index in [2.05, 4.69) is 59.2 Å². The number of rotatable bonds is 4. The number of β-amino-alcohol motifs (C(OH)–C–C–N with tert-alkyl or cyclic N) is 1. The van der Waals surface area contributed by atoms with Gasteiger partial charge in [0.05, 0.1) is 17.5 Å². The molecule has 4 N–H and O–H groups in total. The first-order valence-corrected chi connectivity index (χ1v) is 8.92. The van der Waals surface area contributed by atoms with Crippen molar-refractivity contribution >= 4 is 11.6 Å². The van der Waals surface area contributed by atoms with Crippen molar-refractivity contribution in [3.8, 4) is 12.8 Å². The van der Waals surface area contributed by atoms with Crippen LogP contribution in [0.1, 0.15) is 35.0 Å². The van der Waals surface area contributed by atoms with Crippen molar-refractivity contribution in [3.63, 3.8) is 0 Å². The normalized spacial score (nSPS) is 15.2. The maximum absolute atomic E-state index is 11.4. The summed E-state index contributed by atoms with van der Waals surface area (Å²) in [6, 6.07) is 10.5. The van der Waals surface area contributed by atoms with E-state index in [1.807, 2.05) is 6.07 Å². The minimum Gasteiger partial charge on any atom is -0.650 e. The minimum atomic E-state index is -0.338. The maximum atomic E-state index is 11.4. The van der Waals surface area contributed by atoms with Crippen LogP contribution in [0.5, 0.6) is 0 Å². The number of nitrogens with two attached hydrogens (primary N) is 1. The third-order valence-corrected chi connectivity index (χ3v) is 4.32. The van der Waals surface area contributed by atoms with E-state index >= 15 is 0 Å². The Bertz CT molecular complexity index is 716. The number of aliphatic hydroxyl groups is 1. The summed E-state index contributed by atoms with van der Waals surface area (Å²) in [5.41, 5.74) is 8.99. The Balaban J connectivity index is 0.000000560. The van der Waals surface area contributed by atoms with Crippen LogP contribution in [-0.2, 0) is 13.0 Å². The molecule has 1 aromatic heterocycles. The number of H-pyrrole nitrogens is 1. The molecule has 2 aromatic rings. The molecular weight excluding hydrogens is 379 g/mol. The zero-order valence-electron chi connectivity index (χ0n) is 17.1. The predicted octanol–water partition coefficient (Wildman–Crippen LogP) is -0.190. The Morgan fingerprint density at radius 1 is 1.36 bits per heavy atom. The fourth-order valence-corrected chi connectivity index (χ4v) is 2.81. The van der Waals surface area contributed by atoms with E-state index in [0.717, 1.165) is 24.9 Å². The number of nitrogen functional groups attached to an aromatic ring is 1. The number of benzene rings is 1. The van der Waals surface area contributed by atoms with Crippen molar-refractivity contribution in [2.45, 2.75) is 32.4 Å². The number of carbonyl (C=O) groups is 1. The number of hydrogen-bond acceptors (Lipinski definition) is 4. The molecule has 0 bridgehead atoms. The van der Waals surface area contributed by atoms with Crippen molar-refractivity contribution in [2.75, 3.05) is 25.9 Å². The van der Waals surface area contributed by atoms with Crippen molar-refractivity contribution in [1.29, 1.82) is 0 Å². The molecule has 0 aliphatic carbocycles. The summed E-state index contributed by atoms with van der Waals surface area (Å²) in [6.45, 7) is 4.32. The predicted molar refractivity (Wildman–Crippen MR) is 110 cm³/mol. The smallest absolute Gasteiger partial charge is 0.650 e. The Labute approximate surface area is 210 Å². The van der Waals surface area contributed by atoms with Crippen LogP contribution < -0.4 is 57.1 Å². The van der Waals surface area contributed by atoms with Gasteiger partial charge in [0, 0.05) is 31.4 Å². The largest absolute Gasteiger partial charge is 1.00 e. The Kier molecular flexibility index (Phi) is 14.2. The molecule has 0 saturated carbocycles. The summed E-state index contributed by atoms with van der Waals surface area (Å²) in [5.74, 6) is -0.338. The second-order valence-corrected chi connectivity index (χ2v) is 6.15. The molecule has 28 heavy (non-hydrogen) atoms. The van der Waals surface area contributed by atoms with Crippen molar-refractivity contribution in [3.05, 3.63) is 58.7 Å². The first-order chi connectivity index (χ1) is 13.0. The number of hydrogen-bond donors (Lipinski definition) is 3. The van der Waals surface area contributed by atoms with E-state index in [9.17, 15) is 9.90 Å². The van der Waals surface area contributed by atoms with Gasteiger partial charge in [-0.3, -0.25) is 4.90 Å². The molecule has 1 atom stereocenters. The number of anilines is 1. The number of terminal acetylenes is 1. The fraction of sp³-hybridized carbons (Fsp3) is 0.381. The molecule has 2 heterocycles. The van der Waals surface area contributed by atoms with Gasteiger partial charge in [0.25, 0.3) is 0 Å². The van der Waals surface area contributed by atoms with Crippen LogP contribution in [0.2, 0.25) is 0 Å². The number of aryl methyl sites for hydroxylation is 1. The van der Waals surface area contributed by atoms with Gasteiger partial charge in [-0.15, -0.1) is 19.9 Å². The summed E-state index contributed by atoms with van der Waals surface area (Å²) in [4.78, 5) is 16.4. The molecule has 1 aliphatic rings. The number of aromatic nitrogens is 1. The summed E-state index contributed by atoms with van der Waals surface area (Å²) in [5, 5.41) is 13.0. The van der Waals surface area contributed by atoms with Crippen molar-refractivity contribution < 1.29 is 61.3 Å². The molecule has 3 rings (SSSR count). The van der Waals surface area contributed by atoms with E-state index in [1.54, 1.807) is 6.20 Å². The Morgan fingerprint density at radius 2 is 2.00 bits per heavy atom. The van der Waals surface area contributed by atoms with Gasteiger partial charge in [0.1, 0.15) is 5.91 Å². The van der Waals surface area contributed by atoms with Gasteiger partial charge in [-0.25, -0.2) is 0 Å². The van der Waals surface area contributed by atoms with Gasteiger partial charge >= 0.3 is 51.4 Å². The van der Waals surface area contributed by atoms with E-state index in [4.69, 9.17) is 5.73 Å². The number of nitrogens with zero attached hydrogens (tertiary/aromatic N) is 2. The third kappa shape index (κ3) is 8.49. The summed E-state index contributed by atoms with van der Waals surface area (Å²) < 4.78 is 0. The quantitative estimate of drug-likeness (QED) is 0.483. The Morgan fingerprint density at radius 3 is 2.46 bits per heavy atom. The SMILES string of the molecule is C#C.CCc1ccccc1.C[N-]C(=O)c1[nH]cc(CN2CC[C@H](O)C2)c1N.[K+]. The second kappa shape index (κ2) is 14.8. The van der Waals surface area contributed by atoms with Crippen LogP contribution >= 0.6 is 0 Å². The van der Waals surface area contributed by atoms with E-state index in [0.29, 0.717) is 24.5 Å². The number of carbonyl (C=O) groups excluding carboxylic acids is 1. The van der Waals surface area contributed by atoms with Crippen LogP contribution in [0.3, 0.4) is 0 Å². The monoisotopic (exact) mass is 408 g/mol. The number of amides is 1. The van der Waals surface area contributed by atoms with Crippen LogP contribution in [0, 0.1) is 12.8 Å². The molecule has 0 unspecified atom stereocenters. The number of aliphatic hydroxyl groups excluding tert-OH is 1. The summed E-state index contributed by atoms with van der Waals surface area (Å²) in [6.07, 6.45) is 11.4. The zero-order valence-corrected chi connectivity index (χ0v) is 20.2. The average Bonchev–Trinajstić information content (AvgIpc) is 3.30. The zero-order chi connectivity index (χ0) is 20.2. The molecule has 146 valence electrons. The number of likely N-dealkylation sites (tertiary alicyclic amines) is 1. The molecule has 1 aliphatic heterocycles. The summed E-state index contributed by atoms with van der Waals surface area (Å²) in [7, 11) is 1.44. The van der Waals surface area contributed by atoms with Gasteiger partial charge in [-0.2, -0.15) is 0 Å². The van der Waals surface area contributed by atoms with Crippen molar-refractivity contribution in [1.82, 2.24) is 9.88 Å². The van der Waals surface area contributed by atoms with Gasteiger partial charge in [0.15, 0.2) is 0 Å². The van der Waals surface area contributed by atoms with Gasteiger partial charge < -0.3 is 25.9 Å². The van der Waals surface area contributed by atoms with Gasteiger partial charge in [0.2, 0.25) is 0 Å². The first kappa shape index (κ1) is 26.9. The molecular formula is C21H29KN4O2. The average molecular weight is 409 g/mol. The summed E-state index contributed by atoms with van der Waals surface area (Å²) >= 11 is 0. The number of nitrogens with one attached hydrogen (secondary N) is 1. The molecule has 0 radical (unpaired) electrons. The van der Waals surface area contributed by atoms with Crippen LogP contribution in [0.25, 0.3) is 5.32 Å². The number of aromatic amines is 1. The molecule has 7 heteroatoms. The van der Waals surface area contributed by atoms with Crippen LogP contribution in [-0.4, -0.2) is 47.1 Å². The second-order valence-electron chi connectivity index (χ2n) is 6.15. The molecule has 1 amide bonds.